The molecule has 12 rings (SSSR count). The first-order valence-corrected chi connectivity index (χ1v) is 20.5. The molecule has 56 heavy (non-hydrogen) atoms. The summed E-state index contributed by atoms with van der Waals surface area (Å²) >= 11 is 0. The maximum Gasteiger partial charge on any atom is 0.252 e. The van der Waals surface area contributed by atoms with Crippen molar-refractivity contribution >= 4 is 78.1 Å². The molecule has 3 nitrogen and oxygen atoms in total. The van der Waals surface area contributed by atoms with Crippen molar-refractivity contribution in [2.75, 3.05) is 4.90 Å². The van der Waals surface area contributed by atoms with Crippen LogP contribution in [0.15, 0.2) is 127 Å². The average Bonchev–Trinajstić information content (AvgIpc) is 3.80. The molecule has 0 saturated heterocycles. The lowest BCUT2D eigenvalue weighted by Crippen LogP contribution is -2.59. The summed E-state index contributed by atoms with van der Waals surface area (Å²) in [5, 5.41) is 5.34. The molecule has 4 aliphatic rings. The van der Waals surface area contributed by atoms with Gasteiger partial charge in [-0.05, 0) is 100 Å². The van der Waals surface area contributed by atoms with Crippen molar-refractivity contribution < 1.29 is 0 Å². The summed E-state index contributed by atoms with van der Waals surface area (Å²) < 4.78 is 5.25. The number of anilines is 2. The van der Waals surface area contributed by atoms with Gasteiger partial charge in [0.15, 0.2) is 0 Å². The second-order valence-electron chi connectivity index (χ2n) is 19.2. The zero-order valence-electron chi connectivity index (χ0n) is 33.6. The van der Waals surface area contributed by atoms with Crippen LogP contribution in [0, 0.1) is 19.3 Å². The number of aromatic nitrogens is 2. The van der Waals surface area contributed by atoms with Crippen LogP contribution in [0.2, 0.25) is 0 Å². The summed E-state index contributed by atoms with van der Waals surface area (Å²) in [6.45, 7) is 18.7. The molecule has 2 atom stereocenters. The molecule has 2 aromatic heterocycles. The van der Waals surface area contributed by atoms with Crippen molar-refractivity contribution in [3.05, 3.63) is 149 Å². The van der Waals surface area contributed by atoms with E-state index in [0.29, 0.717) is 0 Å². The molecule has 2 unspecified atom stereocenters. The van der Waals surface area contributed by atoms with Crippen LogP contribution in [0.3, 0.4) is 0 Å². The molecule has 4 heteroatoms. The molecule has 5 heterocycles. The number of aryl methyl sites for hydroxylation is 2. The highest BCUT2D eigenvalue weighted by Gasteiger charge is 2.44. The maximum atomic E-state index is 2.71. The van der Waals surface area contributed by atoms with Gasteiger partial charge in [-0.3, -0.25) is 0 Å². The van der Waals surface area contributed by atoms with Crippen molar-refractivity contribution in [1.82, 2.24) is 9.13 Å². The summed E-state index contributed by atoms with van der Waals surface area (Å²) in [5.74, 6) is 0.274. The van der Waals surface area contributed by atoms with Gasteiger partial charge in [0.05, 0.1) is 17.1 Å². The molecule has 1 aliphatic carbocycles. The van der Waals surface area contributed by atoms with Gasteiger partial charge in [0, 0.05) is 61.2 Å². The number of fused-ring (bicyclic) bond motifs is 13. The summed E-state index contributed by atoms with van der Waals surface area (Å²) in [7, 11) is 0. The molecule has 0 saturated carbocycles. The predicted octanol–water partition coefficient (Wildman–Crippen LogP) is 11.1. The number of hydrogen-bond acceptors (Lipinski definition) is 1. The fourth-order valence-corrected chi connectivity index (χ4v) is 11.0. The molecular weight excluding hydrogens is 677 g/mol. The van der Waals surface area contributed by atoms with Gasteiger partial charge in [-0.2, -0.15) is 0 Å². The van der Waals surface area contributed by atoms with Gasteiger partial charge in [-0.25, -0.2) is 0 Å². The standard InChI is InChI=1S/C52H46BN3/c1-29-21-38-34-13-9-11-15-42(34)55-46-27-33(54-44-25-31(51(3,4)5)17-19-36(44)37-20-18-32(26-45(37)54)52(6,7)8)28-47-48(46)53(40(23-29)49(38)55)41-24-30(2)22-39-35-14-10-12-16-43(35)56(47)50(39)41/h9-28,36,44H,1-8H3. The second-order valence-corrected chi connectivity index (χ2v) is 19.2. The first-order valence-electron chi connectivity index (χ1n) is 20.5. The molecule has 0 fully saturated rings. The molecule has 0 radical (unpaired) electrons. The molecular formula is C52H46BN3. The number of allylic oxidation sites excluding steroid dienone is 2. The normalized spacial score (nSPS) is 18.0. The number of rotatable bonds is 1. The Morgan fingerprint density at radius 2 is 1.14 bits per heavy atom. The van der Waals surface area contributed by atoms with Crippen molar-refractivity contribution in [1.29, 1.82) is 0 Å². The lowest BCUT2D eigenvalue weighted by Gasteiger charge is -2.37. The van der Waals surface area contributed by atoms with E-state index in [1.807, 2.05) is 0 Å². The molecule has 0 spiro atoms. The van der Waals surface area contributed by atoms with E-state index in [9.17, 15) is 0 Å². The average molecular weight is 724 g/mol. The highest BCUT2D eigenvalue weighted by Crippen LogP contribution is 2.52. The van der Waals surface area contributed by atoms with E-state index in [4.69, 9.17) is 0 Å². The first kappa shape index (κ1) is 32.5. The van der Waals surface area contributed by atoms with Crippen molar-refractivity contribution in [3.63, 3.8) is 0 Å². The number of hydrogen-bond donors (Lipinski definition) is 0. The molecule has 6 aromatic carbocycles. The second kappa shape index (κ2) is 10.6. The molecule has 0 N–H and O–H groups in total. The Hall–Kier alpha value is -5.74. The van der Waals surface area contributed by atoms with E-state index in [1.54, 1.807) is 0 Å². The van der Waals surface area contributed by atoms with Gasteiger partial charge < -0.3 is 14.0 Å². The Kier molecular flexibility index (Phi) is 6.13. The maximum absolute atomic E-state index is 2.71. The van der Waals surface area contributed by atoms with Gasteiger partial charge >= 0.3 is 0 Å². The summed E-state index contributed by atoms with van der Waals surface area (Å²) in [6, 6.07) is 40.5. The largest absolute Gasteiger partial charge is 0.333 e. The fourth-order valence-electron chi connectivity index (χ4n) is 11.0. The molecule has 272 valence electrons. The van der Waals surface area contributed by atoms with Gasteiger partial charge in [-0.15, -0.1) is 0 Å². The van der Waals surface area contributed by atoms with Crippen LogP contribution >= 0.6 is 0 Å². The van der Waals surface area contributed by atoms with E-state index in [0.717, 1.165) is 0 Å². The predicted molar refractivity (Wildman–Crippen MR) is 240 cm³/mol. The lowest BCUT2D eigenvalue weighted by atomic mass is 9.34. The Balaban J connectivity index is 1.25. The Bertz CT molecular complexity index is 3000. The summed E-state index contributed by atoms with van der Waals surface area (Å²) in [4.78, 5) is 2.71. The highest BCUT2D eigenvalue weighted by atomic mass is 15.2. The minimum atomic E-state index is 0.0286. The quantitative estimate of drug-likeness (QED) is 0.154. The highest BCUT2D eigenvalue weighted by molar-refractivity contribution is 7.00. The van der Waals surface area contributed by atoms with Gasteiger partial charge in [-0.1, -0.05) is 132 Å². The van der Waals surface area contributed by atoms with Crippen LogP contribution in [-0.2, 0) is 5.41 Å². The monoisotopic (exact) mass is 723 g/mol. The van der Waals surface area contributed by atoms with Crippen LogP contribution in [0.1, 0.15) is 69.7 Å². The zero-order valence-corrected chi connectivity index (χ0v) is 33.6. The Morgan fingerprint density at radius 1 is 0.571 bits per heavy atom. The third-order valence-electron chi connectivity index (χ3n) is 13.6. The first-order chi connectivity index (χ1) is 26.9. The van der Waals surface area contributed by atoms with Crippen LogP contribution in [0.5, 0.6) is 0 Å². The molecule has 0 bridgehead atoms. The Labute approximate surface area is 329 Å². The van der Waals surface area contributed by atoms with E-state index in [1.165, 1.54) is 111 Å². The van der Waals surface area contributed by atoms with E-state index >= 15 is 0 Å². The van der Waals surface area contributed by atoms with Crippen LogP contribution in [0.25, 0.3) is 55.0 Å². The molecule has 3 aliphatic heterocycles. The topological polar surface area (TPSA) is 13.1 Å². The lowest BCUT2D eigenvalue weighted by molar-refractivity contribution is 0.506. The minimum Gasteiger partial charge on any atom is -0.333 e. The van der Waals surface area contributed by atoms with Crippen LogP contribution in [0.4, 0.5) is 11.4 Å². The zero-order chi connectivity index (χ0) is 38.2. The number of nitrogens with zero attached hydrogens (tertiary/aromatic N) is 3. The minimum absolute atomic E-state index is 0.0286. The van der Waals surface area contributed by atoms with Crippen LogP contribution in [-0.4, -0.2) is 21.9 Å². The van der Waals surface area contributed by atoms with Gasteiger partial charge in [0.25, 0.3) is 6.71 Å². The van der Waals surface area contributed by atoms with Crippen LogP contribution < -0.4 is 21.3 Å². The fraction of sp³-hybridized carbons (Fsp3) is 0.231. The third-order valence-corrected chi connectivity index (χ3v) is 13.6. The van der Waals surface area contributed by atoms with Gasteiger partial charge in [0.2, 0.25) is 0 Å². The van der Waals surface area contributed by atoms with Gasteiger partial charge in [0.1, 0.15) is 0 Å². The molecule has 8 aromatic rings. The SMILES string of the molecule is Cc1cc2c3c(c1)c1ccccc1n3-c1cc(N3c4cc(C(C)(C)C)ccc4C4C=CC(C(C)(C)C)=CC43)cc3c1B2c1cc(C)cc2c4ccccc4n-3c12. The van der Waals surface area contributed by atoms with E-state index < -0.39 is 0 Å². The summed E-state index contributed by atoms with van der Waals surface area (Å²) in [5.41, 5.74) is 21.5. The number of benzene rings is 6. The van der Waals surface area contributed by atoms with Crippen molar-refractivity contribution in [3.8, 4) is 11.4 Å². The Morgan fingerprint density at radius 3 is 1.70 bits per heavy atom. The summed E-state index contributed by atoms with van der Waals surface area (Å²) in [6.07, 6.45) is 7.47. The number of para-hydroxylation sites is 2. The third kappa shape index (κ3) is 4.10. The van der Waals surface area contributed by atoms with Crippen molar-refractivity contribution in [2.24, 2.45) is 5.41 Å². The molecule has 0 amide bonds. The van der Waals surface area contributed by atoms with E-state index in [2.05, 4.69) is 191 Å². The van der Waals surface area contributed by atoms with E-state index in [-0.39, 0.29) is 29.5 Å². The van der Waals surface area contributed by atoms with Crippen molar-refractivity contribution in [2.45, 2.75) is 72.8 Å². The smallest absolute Gasteiger partial charge is 0.252 e.